The molecule has 1 rings (SSSR count). The molecule has 0 spiro atoms. The number of aromatic nitrogens is 1. The molecule has 1 heterocycles. The summed E-state index contributed by atoms with van der Waals surface area (Å²) in [6.45, 7) is 2.16. The van der Waals surface area contributed by atoms with Crippen molar-refractivity contribution < 1.29 is 4.79 Å². The fraction of sp³-hybridized carbons (Fsp3) is 0.400. The molecule has 0 aliphatic carbocycles. The topological polar surface area (TPSA) is 59.2 Å². The van der Waals surface area contributed by atoms with Crippen molar-refractivity contribution in [2.24, 2.45) is 5.73 Å². The van der Waals surface area contributed by atoms with Crippen LogP contribution in [0, 0.1) is 0 Å². The Kier molecular flexibility index (Phi) is 4.05. The molecule has 15 heavy (non-hydrogen) atoms. The predicted octanol–water partition coefficient (Wildman–Crippen LogP) is 1.04. The van der Waals surface area contributed by atoms with Gasteiger partial charge in [-0.2, -0.15) is 0 Å². The molecule has 0 bridgehead atoms. The van der Waals surface area contributed by atoms with Gasteiger partial charge in [-0.05, 0) is 18.6 Å². The zero-order chi connectivity index (χ0) is 11.4. The van der Waals surface area contributed by atoms with Gasteiger partial charge in [0.15, 0.2) is 0 Å². The minimum atomic E-state index is -0.477. The summed E-state index contributed by atoms with van der Waals surface area (Å²) in [7, 11) is 1.71. The fourth-order valence-electron chi connectivity index (χ4n) is 1.20. The number of rotatable bonds is 3. The summed E-state index contributed by atoms with van der Waals surface area (Å²) in [5, 5.41) is 0.444. The largest absolute Gasteiger partial charge is 0.340 e. The molecule has 1 aromatic rings. The van der Waals surface area contributed by atoms with E-state index in [1.807, 2.05) is 6.07 Å². The molecule has 1 aromatic heterocycles. The van der Waals surface area contributed by atoms with Gasteiger partial charge >= 0.3 is 0 Å². The Balaban J connectivity index is 2.62. The minimum absolute atomic E-state index is 0.0926. The quantitative estimate of drug-likeness (QED) is 0.785. The van der Waals surface area contributed by atoms with Gasteiger partial charge in [-0.1, -0.05) is 17.7 Å². The first-order chi connectivity index (χ1) is 7.00. The third kappa shape index (κ3) is 3.49. The Morgan fingerprint density at radius 3 is 2.80 bits per heavy atom. The van der Waals surface area contributed by atoms with E-state index in [1.54, 1.807) is 31.1 Å². The number of hydrogen-bond acceptors (Lipinski definition) is 3. The van der Waals surface area contributed by atoms with E-state index < -0.39 is 6.04 Å². The van der Waals surface area contributed by atoms with Crippen LogP contribution in [0.4, 0.5) is 0 Å². The highest BCUT2D eigenvalue weighted by Crippen LogP contribution is 2.07. The number of nitrogens with two attached hydrogens (primary N) is 1. The van der Waals surface area contributed by atoms with Crippen molar-refractivity contribution in [3.05, 3.63) is 29.0 Å². The highest BCUT2D eigenvalue weighted by molar-refractivity contribution is 6.29. The van der Waals surface area contributed by atoms with Crippen LogP contribution in [-0.4, -0.2) is 28.9 Å². The molecule has 2 N–H and O–H groups in total. The summed E-state index contributed by atoms with van der Waals surface area (Å²) >= 11 is 5.65. The molecule has 0 aromatic carbocycles. The van der Waals surface area contributed by atoms with Crippen molar-refractivity contribution in [2.45, 2.75) is 19.5 Å². The average molecular weight is 228 g/mol. The van der Waals surface area contributed by atoms with Gasteiger partial charge in [-0.3, -0.25) is 4.79 Å². The number of carbonyl (C=O) groups excluding carboxylic acids is 1. The molecule has 5 heteroatoms. The molecule has 1 atom stereocenters. The van der Waals surface area contributed by atoms with Gasteiger partial charge in [0, 0.05) is 19.8 Å². The Hall–Kier alpha value is -1.13. The zero-order valence-corrected chi connectivity index (χ0v) is 9.53. The number of hydrogen-bond donors (Lipinski definition) is 1. The Morgan fingerprint density at radius 2 is 2.33 bits per heavy atom. The highest BCUT2D eigenvalue weighted by atomic mass is 35.5. The van der Waals surface area contributed by atoms with Crippen LogP contribution in [0.1, 0.15) is 12.5 Å². The van der Waals surface area contributed by atoms with Gasteiger partial charge < -0.3 is 10.6 Å². The number of likely N-dealkylation sites (N-methyl/N-ethyl adjacent to an activating group) is 1. The van der Waals surface area contributed by atoms with E-state index in [0.29, 0.717) is 11.7 Å². The van der Waals surface area contributed by atoms with Gasteiger partial charge in [0.05, 0.1) is 6.04 Å². The van der Waals surface area contributed by atoms with Crippen molar-refractivity contribution in [3.8, 4) is 0 Å². The number of halogens is 1. The van der Waals surface area contributed by atoms with Gasteiger partial charge in [0.2, 0.25) is 5.91 Å². The molecule has 0 saturated carbocycles. The summed E-state index contributed by atoms with van der Waals surface area (Å²) in [5.74, 6) is -0.0926. The fourth-order valence-corrected chi connectivity index (χ4v) is 1.31. The first-order valence-electron chi connectivity index (χ1n) is 4.61. The van der Waals surface area contributed by atoms with Crippen LogP contribution in [0.15, 0.2) is 18.3 Å². The van der Waals surface area contributed by atoms with E-state index in [1.165, 1.54) is 0 Å². The number of amides is 1. The maximum Gasteiger partial charge on any atom is 0.239 e. The molecule has 82 valence electrons. The van der Waals surface area contributed by atoms with Crippen molar-refractivity contribution in [1.29, 1.82) is 0 Å². The minimum Gasteiger partial charge on any atom is -0.340 e. The number of carbonyl (C=O) groups is 1. The summed E-state index contributed by atoms with van der Waals surface area (Å²) in [4.78, 5) is 17.0. The first-order valence-corrected chi connectivity index (χ1v) is 4.99. The lowest BCUT2D eigenvalue weighted by atomic mass is 10.2. The maximum absolute atomic E-state index is 11.5. The van der Waals surface area contributed by atoms with Gasteiger partial charge in [0.1, 0.15) is 5.15 Å². The van der Waals surface area contributed by atoms with Crippen LogP contribution >= 0.6 is 11.6 Å². The molecule has 0 saturated heterocycles. The lowest BCUT2D eigenvalue weighted by Crippen LogP contribution is -2.39. The van der Waals surface area contributed by atoms with Gasteiger partial charge in [-0.15, -0.1) is 0 Å². The molecule has 4 nitrogen and oxygen atoms in total. The predicted molar refractivity (Wildman–Crippen MR) is 59.4 cm³/mol. The average Bonchev–Trinajstić information content (AvgIpc) is 2.20. The highest BCUT2D eigenvalue weighted by Gasteiger charge is 2.13. The van der Waals surface area contributed by atoms with Crippen LogP contribution in [0.25, 0.3) is 0 Å². The standard InChI is InChI=1S/C10H14ClN3O/c1-7(12)10(15)14(2)6-8-3-4-9(11)13-5-8/h3-5,7H,6,12H2,1-2H3. The van der Waals surface area contributed by atoms with Crippen LogP contribution in [0.5, 0.6) is 0 Å². The number of pyridine rings is 1. The SMILES string of the molecule is CC(N)C(=O)N(C)Cc1ccc(Cl)nc1. The third-order valence-electron chi connectivity index (χ3n) is 1.97. The second-order valence-corrected chi connectivity index (χ2v) is 3.86. The van der Waals surface area contributed by atoms with Crippen molar-refractivity contribution in [2.75, 3.05) is 7.05 Å². The van der Waals surface area contributed by atoms with E-state index in [-0.39, 0.29) is 5.91 Å². The lowest BCUT2D eigenvalue weighted by Gasteiger charge is -2.19. The molecule has 0 aliphatic heterocycles. The monoisotopic (exact) mass is 227 g/mol. The van der Waals surface area contributed by atoms with Crippen LogP contribution in [0.3, 0.4) is 0 Å². The summed E-state index contributed by atoms with van der Waals surface area (Å²) < 4.78 is 0. The van der Waals surface area contributed by atoms with Crippen molar-refractivity contribution in [1.82, 2.24) is 9.88 Å². The van der Waals surface area contributed by atoms with Crippen LogP contribution in [0.2, 0.25) is 5.15 Å². The van der Waals surface area contributed by atoms with Crippen LogP contribution < -0.4 is 5.73 Å². The normalized spacial score (nSPS) is 12.3. The summed E-state index contributed by atoms with van der Waals surface area (Å²) in [6.07, 6.45) is 1.65. The third-order valence-corrected chi connectivity index (χ3v) is 2.20. The van der Waals surface area contributed by atoms with Crippen LogP contribution in [-0.2, 0) is 11.3 Å². The Morgan fingerprint density at radius 1 is 1.67 bits per heavy atom. The molecule has 0 aliphatic rings. The zero-order valence-electron chi connectivity index (χ0n) is 8.77. The smallest absolute Gasteiger partial charge is 0.239 e. The van der Waals surface area contributed by atoms with Gasteiger partial charge in [-0.25, -0.2) is 4.98 Å². The second-order valence-electron chi connectivity index (χ2n) is 3.47. The van der Waals surface area contributed by atoms with E-state index >= 15 is 0 Å². The number of nitrogens with zero attached hydrogens (tertiary/aromatic N) is 2. The van der Waals surface area contributed by atoms with E-state index in [9.17, 15) is 4.79 Å². The molecule has 0 radical (unpaired) electrons. The lowest BCUT2D eigenvalue weighted by molar-refractivity contribution is -0.131. The van der Waals surface area contributed by atoms with E-state index in [2.05, 4.69) is 4.98 Å². The molecule has 1 unspecified atom stereocenters. The molecular weight excluding hydrogens is 214 g/mol. The second kappa shape index (κ2) is 5.09. The molecule has 0 fully saturated rings. The summed E-state index contributed by atoms with van der Waals surface area (Å²) in [5.41, 5.74) is 6.41. The maximum atomic E-state index is 11.5. The van der Waals surface area contributed by atoms with E-state index in [0.717, 1.165) is 5.56 Å². The molecule has 1 amide bonds. The van der Waals surface area contributed by atoms with Crippen molar-refractivity contribution in [3.63, 3.8) is 0 Å². The van der Waals surface area contributed by atoms with E-state index in [4.69, 9.17) is 17.3 Å². The van der Waals surface area contributed by atoms with Gasteiger partial charge in [0.25, 0.3) is 0 Å². The Bertz CT molecular complexity index is 337. The Labute approximate surface area is 94.0 Å². The first kappa shape index (κ1) is 11.9. The van der Waals surface area contributed by atoms with Crippen molar-refractivity contribution >= 4 is 17.5 Å². The summed E-state index contributed by atoms with van der Waals surface area (Å²) in [6, 6.07) is 3.05. The molecular formula is C10H14ClN3O.